The standard InChI is InChI=1S/C4H7O/c1-2-3-4-5/h3-4H,2H2,1H3/b4-3-. The van der Waals surface area contributed by atoms with E-state index in [2.05, 4.69) is 0 Å². The molecule has 0 heterocycles. The summed E-state index contributed by atoms with van der Waals surface area (Å²) < 4.78 is 0. The number of allylic oxidation sites excluding steroid dienone is 1. The molecule has 29 valence electrons. The first kappa shape index (κ1) is 4.54. The average Bonchev–Trinajstić information content (AvgIpc) is 1.41. The van der Waals surface area contributed by atoms with E-state index >= 15 is 0 Å². The summed E-state index contributed by atoms with van der Waals surface area (Å²) in [5.41, 5.74) is 0. The van der Waals surface area contributed by atoms with Gasteiger partial charge in [0.15, 0.2) is 0 Å². The van der Waals surface area contributed by atoms with Crippen LogP contribution in [0, 0.1) is 0 Å². The van der Waals surface area contributed by atoms with E-state index in [4.69, 9.17) is 0 Å². The minimum Gasteiger partial charge on any atom is -0.299 e. The smallest absolute Gasteiger partial charge is 0.138 e. The lowest BCUT2D eigenvalue weighted by molar-refractivity contribution is 0.350. The Kier molecular flexibility index (Phi) is 3.21. The van der Waals surface area contributed by atoms with Crippen molar-refractivity contribution in [3.05, 3.63) is 12.3 Å². The van der Waals surface area contributed by atoms with E-state index in [1.165, 1.54) is 0 Å². The highest BCUT2D eigenvalue weighted by atomic mass is 16.2. The van der Waals surface area contributed by atoms with E-state index in [0.717, 1.165) is 12.7 Å². The van der Waals surface area contributed by atoms with Gasteiger partial charge in [-0.1, -0.05) is 6.92 Å². The maximum absolute atomic E-state index is 9.35. The van der Waals surface area contributed by atoms with Gasteiger partial charge >= 0.3 is 0 Å². The van der Waals surface area contributed by atoms with Gasteiger partial charge in [0.1, 0.15) is 6.26 Å². The topological polar surface area (TPSA) is 19.9 Å². The van der Waals surface area contributed by atoms with Gasteiger partial charge in [-0.2, -0.15) is 0 Å². The summed E-state index contributed by atoms with van der Waals surface area (Å²) in [6.07, 6.45) is 3.23. The zero-order chi connectivity index (χ0) is 4.12. The summed E-state index contributed by atoms with van der Waals surface area (Å²) in [6.45, 7) is 1.92. The van der Waals surface area contributed by atoms with Crippen molar-refractivity contribution in [2.24, 2.45) is 0 Å². The van der Waals surface area contributed by atoms with Crippen molar-refractivity contribution in [3.8, 4) is 0 Å². The lowest BCUT2D eigenvalue weighted by Crippen LogP contribution is -1.45. The van der Waals surface area contributed by atoms with Crippen molar-refractivity contribution in [1.29, 1.82) is 0 Å². The summed E-state index contributed by atoms with van der Waals surface area (Å²) in [5.74, 6) is 0. The largest absolute Gasteiger partial charge is 0.299 e. The SMILES string of the molecule is CC/C=C\[O]. The summed E-state index contributed by atoms with van der Waals surface area (Å²) in [5, 5.41) is 9.35. The molecule has 0 fully saturated rings. The van der Waals surface area contributed by atoms with E-state index in [-0.39, 0.29) is 0 Å². The Morgan fingerprint density at radius 1 is 1.80 bits per heavy atom. The fraction of sp³-hybridized carbons (Fsp3) is 0.500. The van der Waals surface area contributed by atoms with Gasteiger partial charge in [0, 0.05) is 0 Å². The highest BCUT2D eigenvalue weighted by molar-refractivity contribution is 4.66. The third-order valence-corrected chi connectivity index (χ3v) is 0.332. The lowest BCUT2D eigenvalue weighted by atomic mass is 10.5. The summed E-state index contributed by atoms with van der Waals surface area (Å²) in [6, 6.07) is 0. The van der Waals surface area contributed by atoms with E-state index in [1.54, 1.807) is 6.08 Å². The van der Waals surface area contributed by atoms with Crippen molar-refractivity contribution in [2.45, 2.75) is 13.3 Å². The zero-order valence-electron chi connectivity index (χ0n) is 3.27. The van der Waals surface area contributed by atoms with Crippen LogP contribution >= 0.6 is 0 Å². The van der Waals surface area contributed by atoms with Crippen LogP contribution in [0.15, 0.2) is 12.3 Å². The van der Waals surface area contributed by atoms with Gasteiger partial charge in [0.2, 0.25) is 0 Å². The molecule has 0 aliphatic rings. The molecule has 0 atom stereocenters. The fourth-order valence-corrected chi connectivity index (χ4v) is 0.0962. The lowest BCUT2D eigenvalue weighted by Gasteiger charge is -1.61. The first-order chi connectivity index (χ1) is 2.41. The van der Waals surface area contributed by atoms with Gasteiger partial charge in [-0.3, -0.25) is 5.11 Å². The Balaban J connectivity index is 2.62. The first-order valence-electron chi connectivity index (χ1n) is 1.68. The Hall–Kier alpha value is -0.460. The Labute approximate surface area is 31.9 Å². The first-order valence-corrected chi connectivity index (χ1v) is 1.68. The van der Waals surface area contributed by atoms with E-state index in [1.807, 2.05) is 6.92 Å². The normalized spacial score (nSPS) is 9.80. The molecule has 0 aromatic rings. The molecule has 0 N–H and O–H groups in total. The number of hydrogen-bond donors (Lipinski definition) is 0. The highest BCUT2D eigenvalue weighted by Crippen LogP contribution is 1.72. The molecule has 0 aliphatic heterocycles. The van der Waals surface area contributed by atoms with Crippen LogP contribution in [-0.2, 0) is 5.11 Å². The Bertz CT molecular complexity index is 30.6. The van der Waals surface area contributed by atoms with Gasteiger partial charge in [-0.15, -0.1) is 0 Å². The van der Waals surface area contributed by atoms with Crippen LogP contribution in [-0.4, -0.2) is 0 Å². The number of hydrogen-bond acceptors (Lipinski definition) is 0. The molecule has 0 bridgehead atoms. The Morgan fingerprint density at radius 2 is 2.40 bits per heavy atom. The predicted octanol–water partition coefficient (Wildman–Crippen LogP) is 1.34. The van der Waals surface area contributed by atoms with Crippen molar-refractivity contribution >= 4 is 0 Å². The van der Waals surface area contributed by atoms with E-state index in [9.17, 15) is 5.11 Å². The van der Waals surface area contributed by atoms with Crippen LogP contribution in [0.5, 0.6) is 0 Å². The van der Waals surface area contributed by atoms with Crippen LogP contribution < -0.4 is 0 Å². The van der Waals surface area contributed by atoms with E-state index < -0.39 is 0 Å². The van der Waals surface area contributed by atoms with Gasteiger partial charge in [-0.25, -0.2) is 0 Å². The van der Waals surface area contributed by atoms with Gasteiger partial charge in [0.05, 0.1) is 0 Å². The van der Waals surface area contributed by atoms with Crippen LogP contribution in [0.4, 0.5) is 0 Å². The molecule has 0 aromatic carbocycles. The third kappa shape index (κ3) is 3.54. The van der Waals surface area contributed by atoms with Gasteiger partial charge in [-0.05, 0) is 12.5 Å². The quantitative estimate of drug-likeness (QED) is 0.416. The molecule has 0 spiro atoms. The molecule has 1 heteroatoms. The van der Waals surface area contributed by atoms with Crippen molar-refractivity contribution in [3.63, 3.8) is 0 Å². The summed E-state index contributed by atoms with van der Waals surface area (Å²) in [4.78, 5) is 0. The third-order valence-electron chi connectivity index (χ3n) is 0.332. The second-order valence-corrected chi connectivity index (χ2v) is 0.780. The van der Waals surface area contributed by atoms with Gasteiger partial charge < -0.3 is 0 Å². The molecule has 0 rings (SSSR count). The maximum atomic E-state index is 9.35. The molecule has 0 unspecified atom stereocenters. The molecule has 0 aromatic heterocycles. The molecule has 1 radical (unpaired) electrons. The molecule has 0 saturated carbocycles. The molecule has 5 heavy (non-hydrogen) atoms. The second kappa shape index (κ2) is 3.54. The molecular formula is C4H7O. The van der Waals surface area contributed by atoms with Gasteiger partial charge in [0.25, 0.3) is 0 Å². The highest BCUT2D eigenvalue weighted by Gasteiger charge is 1.56. The van der Waals surface area contributed by atoms with Crippen LogP contribution in [0.25, 0.3) is 0 Å². The predicted molar refractivity (Wildman–Crippen MR) is 20.1 cm³/mol. The van der Waals surface area contributed by atoms with Crippen LogP contribution in [0.3, 0.4) is 0 Å². The second-order valence-electron chi connectivity index (χ2n) is 0.780. The molecule has 1 nitrogen and oxygen atoms in total. The molecule has 0 amide bonds. The molecule has 0 aliphatic carbocycles. The number of rotatable bonds is 1. The van der Waals surface area contributed by atoms with E-state index in [0.29, 0.717) is 0 Å². The Morgan fingerprint density at radius 3 is 2.40 bits per heavy atom. The molecule has 0 saturated heterocycles. The zero-order valence-corrected chi connectivity index (χ0v) is 3.27. The minimum absolute atomic E-state index is 0.806. The van der Waals surface area contributed by atoms with Crippen molar-refractivity contribution < 1.29 is 5.11 Å². The van der Waals surface area contributed by atoms with Crippen LogP contribution in [0.2, 0.25) is 0 Å². The minimum atomic E-state index is 0.806. The maximum Gasteiger partial charge on any atom is 0.138 e. The van der Waals surface area contributed by atoms with Crippen molar-refractivity contribution in [1.82, 2.24) is 0 Å². The average molecular weight is 71.1 g/mol. The van der Waals surface area contributed by atoms with Crippen molar-refractivity contribution in [2.75, 3.05) is 0 Å². The summed E-state index contributed by atoms with van der Waals surface area (Å²) in [7, 11) is 0. The monoisotopic (exact) mass is 71.0 g/mol. The molecular weight excluding hydrogens is 64.0 g/mol. The fourth-order valence-electron chi connectivity index (χ4n) is 0.0962. The summed E-state index contributed by atoms with van der Waals surface area (Å²) >= 11 is 0. The van der Waals surface area contributed by atoms with Crippen LogP contribution in [0.1, 0.15) is 13.3 Å².